The number of benzene rings is 1. The van der Waals surface area contributed by atoms with Gasteiger partial charge in [0.1, 0.15) is 17.8 Å². The molecular weight excluding hydrogens is 264 g/mol. The minimum absolute atomic E-state index is 0.236. The van der Waals surface area contributed by atoms with E-state index in [-0.39, 0.29) is 5.91 Å². The van der Waals surface area contributed by atoms with E-state index in [1.165, 1.54) is 11.9 Å². The number of rotatable bonds is 5. The third-order valence-corrected chi connectivity index (χ3v) is 3.22. The van der Waals surface area contributed by atoms with Gasteiger partial charge in [-0.1, -0.05) is 13.0 Å². The Morgan fingerprint density at radius 2 is 1.95 bits per heavy atom. The molecule has 1 heterocycles. The fourth-order valence-corrected chi connectivity index (χ4v) is 1.85. The van der Waals surface area contributed by atoms with Gasteiger partial charge < -0.3 is 10.6 Å². The average Bonchev–Trinajstić information content (AvgIpc) is 2.49. The van der Waals surface area contributed by atoms with Crippen LogP contribution in [0.2, 0.25) is 0 Å². The molecule has 0 saturated heterocycles. The Hall–Kier alpha value is -2.43. The Morgan fingerprint density at radius 1 is 1.14 bits per heavy atom. The summed E-state index contributed by atoms with van der Waals surface area (Å²) in [4.78, 5) is 20.3. The highest BCUT2D eigenvalue weighted by Crippen LogP contribution is 2.15. The average molecular weight is 284 g/mol. The number of amides is 1. The molecule has 0 aliphatic heterocycles. The summed E-state index contributed by atoms with van der Waals surface area (Å²) in [5.74, 6) is 0.428. The summed E-state index contributed by atoms with van der Waals surface area (Å²) in [5.41, 5.74) is 3.45. The second-order valence-corrected chi connectivity index (χ2v) is 4.97. The van der Waals surface area contributed by atoms with Crippen molar-refractivity contribution in [2.24, 2.45) is 0 Å². The normalized spacial score (nSPS) is 10.2. The first-order valence-corrected chi connectivity index (χ1v) is 7.04. The minimum atomic E-state index is -0.236. The third-order valence-electron chi connectivity index (χ3n) is 3.22. The molecule has 2 rings (SSSR count). The molecule has 0 unspecified atom stereocenters. The number of nitrogens with one attached hydrogen (secondary N) is 2. The van der Waals surface area contributed by atoms with Crippen LogP contribution in [0.1, 0.15) is 35.0 Å². The van der Waals surface area contributed by atoms with Crippen LogP contribution in [-0.2, 0) is 0 Å². The zero-order chi connectivity index (χ0) is 15.2. The van der Waals surface area contributed by atoms with Gasteiger partial charge in [-0.2, -0.15) is 0 Å². The number of carbonyl (C=O) groups excluding carboxylic acids is 1. The van der Waals surface area contributed by atoms with E-state index in [1.807, 2.05) is 32.0 Å². The number of anilines is 2. The number of hydrogen-bond acceptors (Lipinski definition) is 4. The van der Waals surface area contributed by atoms with Crippen molar-refractivity contribution in [1.29, 1.82) is 0 Å². The zero-order valence-electron chi connectivity index (χ0n) is 12.6. The lowest BCUT2D eigenvalue weighted by Gasteiger charge is -2.08. The lowest BCUT2D eigenvalue weighted by Crippen LogP contribution is -2.15. The standard InChI is InChI=1S/C16H20N4O/c1-4-7-17-15-9-14(18-10-19-15)16(21)20-13-6-5-11(2)12(3)8-13/h5-6,8-10H,4,7H2,1-3H3,(H,20,21)(H,17,18,19). The summed E-state index contributed by atoms with van der Waals surface area (Å²) in [6, 6.07) is 7.48. The quantitative estimate of drug-likeness (QED) is 0.885. The van der Waals surface area contributed by atoms with Crippen molar-refractivity contribution in [3.05, 3.63) is 47.4 Å². The number of aromatic nitrogens is 2. The molecule has 5 nitrogen and oxygen atoms in total. The van der Waals surface area contributed by atoms with Crippen LogP contribution in [0.25, 0.3) is 0 Å². The zero-order valence-corrected chi connectivity index (χ0v) is 12.6. The van der Waals surface area contributed by atoms with E-state index in [1.54, 1.807) is 6.07 Å². The van der Waals surface area contributed by atoms with E-state index in [9.17, 15) is 4.79 Å². The molecule has 0 radical (unpaired) electrons. The highest BCUT2D eigenvalue weighted by molar-refractivity contribution is 6.03. The van der Waals surface area contributed by atoms with Crippen molar-refractivity contribution >= 4 is 17.4 Å². The monoisotopic (exact) mass is 284 g/mol. The number of carbonyl (C=O) groups is 1. The molecular formula is C16H20N4O. The molecule has 0 saturated carbocycles. The first-order valence-electron chi connectivity index (χ1n) is 7.04. The van der Waals surface area contributed by atoms with Crippen molar-refractivity contribution < 1.29 is 4.79 Å². The second-order valence-electron chi connectivity index (χ2n) is 4.97. The van der Waals surface area contributed by atoms with Gasteiger partial charge in [-0.25, -0.2) is 9.97 Å². The van der Waals surface area contributed by atoms with Crippen molar-refractivity contribution in [2.75, 3.05) is 17.2 Å². The summed E-state index contributed by atoms with van der Waals surface area (Å²) >= 11 is 0. The molecule has 0 fully saturated rings. The first-order chi connectivity index (χ1) is 10.1. The van der Waals surface area contributed by atoms with Gasteiger partial charge in [0.25, 0.3) is 5.91 Å². The molecule has 21 heavy (non-hydrogen) atoms. The Morgan fingerprint density at radius 3 is 2.67 bits per heavy atom. The summed E-state index contributed by atoms with van der Waals surface area (Å²) in [6.45, 7) is 6.94. The highest BCUT2D eigenvalue weighted by atomic mass is 16.1. The summed E-state index contributed by atoms with van der Waals surface area (Å²) in [7, 11) is 0. The van der Waals surface area contributed by atoms with Gasteiger partial charge in [0.2, 0.25) is 0 Å². The molecule has 2 N–H and O–H groups in total. The molecule has 0 spiro atoms. The molecule has 1 aromatic heterocycles. The van der Waals surface area contributed by atoms with Crippen LogP contribution in [0.3, 0.4) is 0 Å². The van der Waals surface area contributed by atoms with E-state index in [0.29, 0.717) is 11.5 Å². The van der Waals surface area contributed by atoms with Gasteiger partial charge in [0.15, 0.2) is 0 Å². The predicted molar refractivity (Wildman–Crippen MR) is 84.7 cm³/mol. The molecule has 110 valence electrons. The van der Waals surface area contributed by atoms with Crippen LogP contribution >= 0.6 is 0 Å². The molecule has 2 aromatic rings. The van der Waals surface area contributed by atoms with E-state index in [0.717, 1.165) is 24.2 Å². The molecule has 0 aliphatic carbocycles. The second kappa shape index (κ2) is 6.83. The maximum Gasteiger partial charge on any atom is 0.274 e. The van der Waals surface area contributed by atoms with Crippen LogP contribution < -0.4 is 10.6 Å². The van der Waals surface area contributed by atoms with Gasteiger partial charge in [0, 0.05) is 18.3 Å². The molecule has 0 aliphatic rings. The van der Waals surface area contributed by atoms with Crippen molar-refractivity contribution in [2.45, 2.75) is 27.2 Å². The topological polar surface area (TPSA) is 66.9 Å². The molecule has 1 aromatic carbocycles. The fourth-order valence-electron chi connectivity index (χ4n) is 1.85. The Kier molecular flexibility index (Phi) is 4.87. The van der Waals surface area contributed by atoms with E-state index < -0.39 is 0 Å². The van der Waals surface area contributed by atoms with Gasteiger partial charge in [-0.15, -0.1) is 0 Å². The van der Waals surface area contributed by atoms with Crippen molar-refractivity contribution in [1.82, 2.24) is 9.97 Å². The lowest BCUT2D eigenvalue weighted by atomic mass is 10.1. The van der Waals surface area contributed by atoms with Gasteiger partial charge in [-0.3, -0.25) is 4.79 Å². The van der Waals surface area contributed by atoms with Crippen molar-refractivity contribution in [3.63, 3.8) is 0 Å². The lowest BCUT2D eigenvalue weighted by molar-refractivity contribution is 0.102. The number of nitrogens with zero attached hydrogens (tertiary/aromatic N) is 2. The van der Waals surface area contributed by atoms with E-state index >= 15 is 0 Å². The smallest absolute Gasteiger partial charge is 0.274 e. The number of aryl methyl sites for hydroxylation is 2. The predicted octanol–water partition coefficient (Wildman–Crippen LogP) is 3.17. The van der Waals surface area contributed by atoms with Crippen molar-refractivity contribution in [3.8, 4) is 0 Å². The maximum atomic E-state index is 12.2. The van der Waals surface area contributed by atoms with Gasteiger partial charge in [-0.05, 0) is 43.5 Å². The Bertz CT molecular complexity index is 640. The van der Waals surface area contributed by atoms with Gasteiger partial charge in [0.05, 0.1) is 0 Å². The fraction of sp³-hybridized carbons (Fsp3) is 0.312. The van der Waals surface area contributed by atoms with E-state index in [4.69, 9.17) is 0 Å². The maximum absolute atomic E-state index is 12.2. The Labute approximate surface area is 124 Å². The highest BCUT2D eigenvalue weighted by Gasteiger charge is 2.09. The van der Waals surface area contributed by atoms with Crippen LogP contribution in [0.15, 0.2) is 30.6 Å². The first kappa shape index (κ1) is 15.0. The van der Waals surface area contributed by atoms with Crippen LogP contribution in [0, 0.1) is 13.8 Å². The van der Waals surface area contributed by atoms with Crippen LogP contribution in [0.5, 0.6) is 0 Å². The molecule has 0 atom stereocenters. The minimum Gasteiger partial charge on any atom is -0.370 e. The van der Waals surface area contributed by atoms with E-state index in [2.05, 4.69) is 27.5 Å². The number of hydrogen-bond donors (Lipinski definition) is 2. The summed E-state index contributed by atoms with van der Waals surface area (Å²) < 4.78 is 0. The Balaban J connectivity index is 2.10. The third kappa shape index (κ3) is 4.02. The van der Waals surface area contributed by atoms with Gasteiger partial charge >= 0.3 is 0 Å². The molecule has 0 bridgehead atoms. The van der Waals surface area contributed by atoms with Crippen LogP contribution in [0.4, 0.5) is 11.5 Å². The molecule has 5 heteroatoms. The van der Waals surface area contributed by atoms with Crippen LogP contribution in [-0.4, -0.2) is 22.4 Å². The SMILES string of the molecule is CCCNc1cc(C(=O)Nc2ccc(C)c(C)c2)ncn1. The summed E-state index contributed by atoms with van der Waals surface area (Å²) in [5, 5.41) is 5.99. The molecule has 1 amide bonds. The largest absolute Gasteiger partial charge is 0.370 e. The summed E-state index contributed by atoms with van der Waals surface area (Å²) in [6.07, 6.45) is 2.39.